The number of nitrogens with zero attached hydrogens (tertiary/aromatic N) is 2. The second-order valence-corrected chi connectivity index (χ2v) is 11.0. The number of ketones is 1. The van der Waals surface area contributed by atoms with Gasteiger partial charge in [-0.3, -0.25) is 19.3 Å². The van der Waals surface area contributed by atoms with Crippen molar-refractivity contribution in [2.75, 3.05) is 4.90 Å². The topological polar surface area (TPSA) is 89.7 Å². The molecule has 8 heteroatoms. The highest BCUT2D eigenvalue weighted by Crippen LogP contribution is 2.43. The molecule has 3 aromatic carbocycles. The molecule has 1 aliphatic rings. The van der Waals surface area contributed by atoms with Crippen LogP contribution in [0.4, 0.5) is 5.13 Å². The minimum Gasteiger partial charge on any atom is -0.489 e. The number of carbonyl (C=O) groups excluding carboxylic acids is 2. The lowest BCUT2D eigenvalue weighted by molar-refractivity contribution is 0.0969. The van der Waals surface area contributed by atoms with Gasteiger partial charge in [-0.25, -0.2) is 4.98 Å². The third-order valence-electron chi connectivity index (χ3n) is 7.24. The molecular formula is C32H26N2O5S. The maximum atomic E-state index is 14.0. The minimum atomic E-state index is -0.779. The molecule has 3 heterocycles. The lowest BCUT2D eigenvalue weighted by atomic mass is 9.97. The molecule has 0 radical (unpaired) electrons. The van der Waals surface area contributed by atoms with Gasteiger partial charge >= 0.3 is 0 Å². The predicted molar refractivity (Wildman–Crippen MR) is 155 cm³/mol. The fraction of sp³-hybridized carbons (Fsp3) is 0.188. The van der Waals surface area contributed by atoms with E-state index in [1.807, 2.05) is 74.5 Å². The number of fused-ring (bicyclic) bond motifs is 2. The van der Waals surface area contributed by atoms with Crippen LogP contribution in [-0.4, -0.2) is 16.7 Å². The Labute approximate surface area is 234 Å². The zero-order valence-corrected chi connectivity index (χ0v) is 23.3. The van der Waals surface area contributed by atoms with Crippen LogP contribution in [0.2, 0.25) is 0 Å². The van der Waals surface area contributed by atoms with Crippen LogP contribution < -0.4 is 15.1 Å². The monoisotopic (exact) mass is 550 g/mol. The van der Waals surface area contributed by atoms with Crippen LogP contribution in [0.3, 0.4) is 0 Å². The second-order valence-electron chi connectivity index (χ2n) is 9.99. The van der Waals surface area contributed by atoms with Crippen molar-refractivity contribution in [2.45, 2.75) is 40.3 Å². The van der Waals surface area contributed by atoms with Crippen molar-refractivity contribution in [3.05, 3.63) is 121 Å². The fourth-order valence-corrected chi connectivity index (χ4v) is 6.03. The number of aryl methyl sites for hydroxylation is 3. The van der Waals surface area contributed by atoms with Crippen molar-refractivity contribution in [3.8, 4) is 5.75 Å². The van der Waals surface area contributed by atoms with Gasteiger partial charge in [0.1, 0.15) is 17.9 Å². The molecule has 0 spiro atoms. The van der Waals surface area contributed by atoms with Gasteiger partial charge in [-0.2, -0.15) is 0 Å². The number of thiazole rings is 1. The molecule has 7 nitrogen and oxygen atoms in total. The van der Waals surface area contributed by atoms with Gasteiger partial charge in [-0.05, 0) is 67.3 Å². The molecule has 0 N–H and O–H groups in total. The quantitative estimate of drug-likeness (QED) is 0.218. The van der Waals surface area contributed by atoms with Gasteiger partial charge in [0.05, 0.1) is 27.6 Å². The molecule has 5 aromatic rings. The van der Waals surface area contributed by atoms with Crippen LogP contribution >= 0.6 is 11.3 Å². The highest BCUT2D eigenvalue weighted by molar-refractivity contribution is 7.17. The Kier molecular flexibility index (Phi) is 6.35. The van der Waals surface area contributed by atoms with Crippen LogP contribution in [0.5, 0.6) is 5.75 Å². The van der Waals surface area contributed by atoms with E-state index in [1.165, 1.54) is 11.8 Å². The molecule has 0 bridgehead atoms. The van der Waals surface area contributed by atoms with E-state index >= 15 is 0 Å². The van der Waals surface area contributed by atoms with Crippen LogP contribution in [-0.2, 0) is 6.61 Å². The minimum absolute atomic E-state index is 0.00705. The van der Waals surface area contributed by atoms with Gasteiger partial charge in [-0.1, -0.05) is 53.8 Å². The lowest BCUT2D eigenvalue weighted by Crippen LogP contribution is -2.29. The molecule has 1 amide bonds. The van der Waals surface area contributed by atoms with Crippen molar-refractivity contribution in [1.82, 2.24) is 4.98 Å². The Balaban J connectivity index is 1.47. The number of rotatable bonds is 6. The summed E-state index contributed by atoms with van der Waals surface area (Å²) in [5.74, 6) is 0.0509. The normalized spacial score (nSPS) is 14.6. The number of carbonyl (C=O) groups is 2. The number of amides is 1. The Morgan fingerprint density at radius 1 is 1.00 bits per heavy atom. The molecule has 0 saturated carbocycles. The molecule has 0 fully saturated rings. The van der Waals surface area contributed by atoms with Gasteiger partial charge in [-0.15, -0.1) is 0 Å². The van der Waals surface area contributed by atoms with Crippen LogP contribution in [0.1, 0.15) is 66.7 Å². The summed E-state index contributed by atoms with van der Waals surface area (Å²) >= 11 is 1.14. The summed E-state index contributed by atoms with van der Waals surface area (Å²) in [6.07, 6.45) is 0. The van der Waals surface area contributed by atoms with Gasteiger partial charge in [0.2, 0.25) is 5.76 Å². The maximum Gasteiger partial charge on any atom is 0.297 e. The maximum absolute atomic E-state index is 14.0. The van der Waals surface area contributed by atoms with Crippen LogP contribution in [0.15, 0.2) is 75.9 Å². The van der Waals surface area contributed by atoms with E-state index in [9.17, 15) is 14.4 Å². The van der Waals surface area contributed by atoms with Crippen LogP contribution in [0.25, 0.3) is 11.0 Å². The molecule has 0 aliphatic carbocycles. The average molecular weight is 551 g/mol. The summed E-state index contributed by atoms with van der Waals surface area (Å²) in [5.41, 5.74) is 4.57. The van der Waals surface area contributed by atoms with Gasteiger partial charge in [0.25, 0.3) is 5.91 Å². The van der Waals surface area contributed by atoms with E-state index in [0.717, 1.165) is 28.0 Å². The Morgan fingerprint density at radius 3 is 2.38 bits per heavy atom. The zero-order valence-electron chi connectivity index (χ0n) is 22.5. The third kappa shape index (κ3) is 4.30. The lowest BCUT2D eigenvalue weighted by Gasteiger charge is -2.22. The molecule has 2 aromatic heterocycles. The SMILES string of the molecule is CC(=O)c1sc(N2C(=O)c3oc4cc(C)c(C)cc4c(=O)c3C2c2ccc(OCc3ccccc3)cc2)nc1C. The summed E-state index contributed by atoms with van der Waals surface area (Å²) in [6.45, 7) is 7.49. The van der Waals surface area contributed by atoms with Crippen LogP contribution in [0, 0.1) is 20.8 Å². The third-order valence-corrected chi connectivity index (χ3v) is 8.50. The largest absolute Gasteiger partial charge is 0.489 e. The Bertz CT molecular complexity index is 1860. The highest BCUT2D eigenvalue weighted by Gasteiger charge is 2.45. The number of hydrogen-bond acceptors (Lipinski definition) is 7. The van der Waals surface area contributed by atoms with Crippen molar-refractivity contribution >= 4 is 39.1 Å². The summed E-state index contributed by atoms with van der Waals surface area (Å²) < 4.78 is 12.1. The number of aromatic nitrogens is 1. The number of anilines is 1. The van der Waals surface area contributed by atoms with E-state index < -0.39 is 11.9 Å². The Morgan fingerprint density at radius 2 is 1.70 bits per heavy atom. The molecule has 1 atom stereocenters. The number of Topliss-reactive ketones (excluding diaryl/α,β-unsaturated/α-hetero) is 1. The second kappa shape index (κ2) is 9.88. The molecular weight excluding hydrogens is 524 g/mol. The van der Waals surface area contributed by atoms with Gasteiger partial charge < -0.3 is 9.15 Å². The smallest absolute Gasteiger partial charge is 0.297 e. The van der Waals surface area contributed by atoms with Crippen molar-refractivity contribution in [2.24, 2.45) is 0 Å². The first kappa shape index (κ1) is 25.7. The first-order valence-electron chi connectivity index (χ1n) is 12.9. The zero-order chi connectivity index (χ0) is 28.1. The molecule has 1 unspecified atom stereocenters. The summed E-state index contributed by atoms with van der Waals surface area (Å²) in [7, 11) is 0. The molecule has 1 aliphatic heterocycles. The predicted octanol–water partition coefficient (Wildman–Crippen LogP) is 6.71. The summed E-state index contributed by atoms with van der Waals surface area (Å²) in [5, 5.41) is 0.758. The van der Waals surface area contributed by atoms with E-state index in [4.69, 9.17) is 9.15 Å². The van der Waals surface area contributed by atoms with E-state index in [1.54, 1.807) is 13.0 Å². The highest BCUT2D eigenvalue weighted by atomic mass is 32.1. The van der Waals surface area contributed by atoms with Crippen molar-refractivity contribution < 1.29 is 18.7 Å². The first-order chi connectivity index (χ1) is 19.2. The number of hydrogen-bond donors (Lipinski definition) is 0. The van der Waals surface area contributed by atoms with E-state index in [2.05, 4.69) is 4.98 Å². The summed E-state index contributed by atoms with van der Waals surface area (Å²) in [4.78, 5) is 46.6. The molecule has 40 heavy (non-hydrogen) atoms. The van der Waals surface area contributed by atoms with Crippen molar-refractivity contribution in [3.63, 3.8) is 0 Å². The van der Waals surface area contributed by atoms with Gasteiger partial charge in [0.15, 0.2) is 16.3 Å². The Hall–Kier alpha value is -4.56. The number of ether oxygens (including phenoxy) is 1. The molecule has 200 valence electrons. The standard InChI is InChI=1S/C32H26N2O5S/c1-17-14-24-25(15-18(17)2)39-29-26(28(24)36)27(34(31(29)37)32-33-19(3)30(40-32)20(4)35)22-10-12-23(13-11-22)38-16-21-8-6-5-7-9-21/h5-15,27H,16H2,1-4H3. The number of benzene rings is 3. The summed E-state index contributed by atoms with van der Waals surface area (Å²) in [6, 6.07) is 20.0. The fourth-order valence-electron chi connectivity index (χ4n) is 5.04. The molecule has 6 rings (SSSR count). The first-order valence-corrected chi connectivity index (χ1v) is 13.7. The van der Waals surface area contributed by atoms with Crippen molar-refractivity contribution in [1.29, 1.82) is 0 Å². The van der Waals surface area contributed by atoms with E-state index in [-0.39, 0.29) is 22.5 Å². The van der Waals surface area contributed by atoms with Gasteiger partial charge in [0, 0.05) is 6.92 Å². The average Bonchev–Trinajstić information content (AvgIpc) is 3.47. The van der Waals surface area contributed by atoms with E-state index in [0.29, 0.717) is 44.6 Å². The molecule has 0 saturated heterocycles.